The molecule has 0 aliphatic carbocycles. The Morgan fingerprint density at radius 1 is 1.37 bits per heavy atom. The van der Waals surface area contributed by atoms with E-state index in [-0.39, 0.29) is 0 Å². The molecule has 2 saturated heterocycles. The van der Waals surface area contributed by atoms with E-state index in [0.29, 0.717) is 16.1 Å². The maximum atomic E-state index is 12.5. The Morgan fingerprint density at radius 3 is 2.53 bits per heavy atom. The zero-order valence-electron chi connectivity index (χ0n) is 10.3. The smallest absolute Gasteiger partial charge is 0.315 e. The molecule has 2 aliphatic heterocycles. The molecular weight excluding hydrogens is 277 g/mol. The maximum absolute atomic E-state index is 12.5. The second-order valence-corrected chi connectivity index (χ2v) is 6.22. The van der Waals surface area contributed by atoms with Gasteiger partial charge in [-0.25, -0.2) is 14.3 Å². The first kappa shape index (κ1) is 13.1. The van der Waals surface area contributed by atoms with Gasteiger partial charge >= 0.3 is 6.18 Å². The standard InChI is InChI=1S/C11H13F3N4S/c1-7-9(16-2-8(17-7)11(12,13)14)19-18-5-10(6-18)3-15-4-10/h2,15H,3-6H2,1H3. The average molecular weight is 290 g/mol. The van der Waals surface area contributed by atoms with Crippen molar-refractivity contribution in [3.8, 4) is 0 Å². The Kier molecular flexibility index (Phi) is 2.99. The van der Waals surface area contributed by atoms with Gasteiger partial charge in [-0.15, -0.1) is 0 Å². The van der Waals surface area contributed by atoms with E-state index in [1.54, 1.807) is 6.92 Å². The zero-order chi connectivity index (χ0) is 13.7. The van der Waals surface area contributed by atoms with Crippen molar-refractivity contribution in [2.75, 3.05) is 26.2 Å². The van der Waals surface area contributed by atoms with Gasteiger partial charge < -0.3 is 5.32 Å². The lowest BCUT2D eigenvalue weighted by Crippen LogP contribution is -2.69. The predicted molar refractivity (Wildman–Crippen MR) is 64.5 cm³/mol. The summed E-state index contributed by atoms with van der Waals surface area (Å²) in [5.74, 6) is 0. The Labute approximate surface area is 112 Å². The van der Waals surface area contributed by atoms with E-state index in [4.69, 9.17) is 0 Å². The van der Waals surface area contributed by atoms with E-state index in [9.17, 15) is 13.2 Å². The average Bonchev–Trinajstić information content (AvgIpc) is 2.20. The van der Waals surface area contributed by atoms with E-state index < -0.39 is 11.9 Å². The molecule has 1 aromatic heterocycles. The van der Waals surface area contributed by atoms with Gasteiger partial charge in [0.1, 0.15) is 5.03 Å². The van der Waals surface area contributed by atoms with Crippen LogP contribution in [0.15, 0.2) is 11.2 Å². The third-order valence-corrected chi connectivity index (χ3v) is 4.52. The summed E-state index contributed by atoms with van der Waals surface area (Å²) in [4.78, 5) is 7.46. The van der Waals surface area contributed by atoms with Crippen molar-refractivity contribution in [2.45, 2.75) is 18.1 Å². The maximum Gasteiger partial charge on any atom is 0.434 e. The number of halogens is 3. The lowest BCUT2D eigenvalue weighted by molar-refractivity contribution is -0.141. The van der Waals surface area contributed by atoms with Crippen LogP contribution in [0.25, 0.3) is 0 Å². The van der Waals surface area contributed by atoms with Gasteiger partial charge in [0.15, 0.2) is 5.69 Å². The van der Waals surface area contributed by atoms with E-state index >= 15 is 0 Å². The molecule has 0 saturated carbocycles. The van der Waals surface area contributed by atoms with Crippen molar-refractivity contribution in [3.63, 3.8) is 0 Å². The van der Waals surface area contributed by atoms with Gasteiger partial charge in [0, 0.05) is 31.6 Å². The van der Waals surface area contributed by atoms with Crippen molar-refractivity contribution >= 4 is 11.9 Å². The van der Waals surface area contributed by atoms with Crippen LogP contribution in [-0.4, -0.2) is 40.5 Å². The van der Waals surface area contributed by atoms with Gasteiger partial charge in [0.25, 0.3) is 0 Å². The van der Waals surface area contributed by atoms with Gasteiger partial charge in [-0.2, -0.15) is 13.2 Å². The van der Waals surface area contributed by atoms with Gasteiger partial charge in [0.2, 0.25) is 0 Å². The third-order valence-electron chi connectivity index (χ3n) is 3.43. The lowest BCUT2D eigenvalue weighted by Gasteiger charge is -2.55. The van der Waals surface area contributed by atoms with Crippen LogP contribution in [0.3, 0.4) is 0 Å². The molecular formula is C11H13F3N4S. The van der Waals surface area contributed by atoms with Crippen LogP contribution >= 0.6 is 11.9 Å². The normalized spacial score (nSPS) is 22.1. The summed E-state index contributed by atoms with van der Waals surface area (Å²) in [6, 6.07) is 0. The molecule has 19 heavy (non-hydrogen) atoms. The zero-order valence-corrected chi connectivity index (χ0v) is 11.1. The molecule has 2 aliphatic rings. The summed E-state index contributed by atoms with van der Waals surface area (Å²) in [5.41, 5.74) is -0.217. The van der Waals surface area contributed by atoms with Gasteiger partial charge in [-0.05, 0) is 18.9 Å². The van der Waals surface area contributed by atoms with Crippen LogP contribution in [0.1, 0.15) is 11.4 Å². The molecule has 0 amide bonds. The highest BCUT2D eigenvalue weighted by Crippen LogP contribution is 2.40. The monoisotopic (exact) mass is 290 g/mol. The molecule has 2 fully saturated rings. The van der Waals surface area contributed by atoms with Crippen molar-refractivity contribution in [2.24, 2.45) is 5.41 Å². The minimum Gasteiger partial charge on any atom is -0.315 e. The number of hydrogen-bond donors (Lipinski definition) is 1. The van der Waals surface area contributed by atoms with Crippen LogP contribution in [0.5, 0.6) is 0 Å². The van der Waals surface area contributed by atoms with E-state index in [0.717, 1.165) is 32.4 Å². The largest absolute Gasteiger partial charge is 0.434 e. The number of aromatic nitrogens is 2. The van der Waals surface area contributed by atoms with Crippen LogP contribution in [0, 0.1) is 12.3 Å². The molecule has 1 aromatic rings. The predicted octanol–water partition coefficient (Wildman–Crippen LogP) is 1.72. The summed E-state index contributed by atoms with van der Waals surface area (Å²) < 4.78 is 39.5. The lowest BCUT2D eigenvalue weighted by atomic mass is 9.76. The molecule has 0 radical (unpaired) electrons. The molecule has 104 valence electrons. The summed E-state index contributed by atoms with van der Waals surface area (Å²) in [6.45, 7) is 5.52. The molecule has 3 rings (SSSR count). The molecule has 0 bridgehead atoms. The Balaban J connectivity index is 1.65. The summed E-state index contributed by atoms with van der Waals surface area (Å²) in [7, 11) is 0. The molecule has 0 atom stereocenters. The number of rotatable bonds is 2. The molecule has 0 unspecified atom stereocenters. The second kappa shape index (κ2) is 4.32. The number of aryl methyl sites for hydroxylation is 1. The van der Waals surface area contributed by atoms with Crippen molar-refractivity contribution in [1.29, 1.82) is 0 Å². The van der Waals surface area contributed by atoms with Gasteiger partial charge in [-0.3, -0.25) is 0 Å². The quantitative estimate of drug-likeness (QED) is 0.840. The molecule has 8 heteroatoms. The first-order valence-corrected chi connectivity index (χ1v) is 6.70. The molecule has 0 aromatic carbocycles. The molecule has 3 heterocycles. The van der Waals surface area contributed by atoms with Crippen LogP contribution in [0.2, 0.25) is 0 Å². The highest BCUT2D eigenvalue weighted by Gasteiger charge is 2.48. The highest BCUT2D eigenvalue weighted by atomic mass is 32.2. The minimum atomic E-state index is -4.43. The van der Waals surface area contributed by atoms with Gasteiger partial charge in [0.05, 0.1) is 11.9 Å². The molecule has 1 spiro atoms. The SMILES string of the molecule is Cc1nc(C(F)(F)F)cnc1SN1CC2(CNC2)C1. The van der Waals surface area contributed by atoms with Crippen LogP contribution in [-0.2, 0) is 6.18 Å². The van der Waals surface area contributed by atoms with E-state index in [1.165, 1.54) is 11.9 Å². The number of alkyl halides is 3. The van der Waals surface area contributed by atoms with E-state index in [2.05, 4.69) is 19.6 Å². The van der Waals surface area contributed by atoms with Gasteiger partial charge in [-0.1, -0.05) is 0 Å². The minimum absolute atomic E-state index is 0.326. The number of nitrogens with zero attached hydrogens (tertiary/aromatic N) is 3. The Morgan fingerprint density at radius 2 is 2.05 bits per heavy atom. The fourth-order valence-electron chi connectivity index (χ4n) is 2.29. The summed E-state index contributed by atoms with van der Waals surface area (Å²) >= 11 is 1.39. The van der Waals surface area contributed by atoms with Crippen LogP contribution < -0.4 is 5.32 Å². The second-order valence-electron chi connectivity index (χ2n) is 5.14. The molecule has 1 N–H and O–H groups in total. The number of hydrogen-bond acceptors (Lipinski definition) is 5. The fourth-order valence-corrected chi connectivity index (χ4v) is 3.49. The third kappa shape index (κ3) is 2.44. The number of nitrogens with one attached hydrogen (secondary N) is 1. The topological polar surface area (TPSA) is 41.1 Å². The highest BCUT2D eigenvalue weighted by molar-refractivity contribution is 7.97. The molecule has 4 nitrogen and oxygen atoms in total. The van der Waals surface area contributed by atoms with Crippen molar-refractivity contribution in [3.05, 3.63) is 17.6 Å². The Bertz CT molecular complexity index is 493. The first-order valence-electron chi connectivity index (χ1n) is 5.93. The Hall–Kier alpha value is -0.860. The van der Waals surface area contributed by atoms with Crippen molar-refractivity contribution in [1.82, 2.24) is 19.6 Å². The first-order chi connectivity index (χ1) is 8.88. The fraction of sp³-hybridized carbons (Fsp3) is 0.636. The summed E-state index contributed by atoms with van der Waals surface area (Å²) in [5, 5.41) is 3.79. The van der Waals surface area contributed by atoms with Crippen LogP contribution in [0.4, 0.5) is 13.2 Å². The van der Waals surface area contributed by atoms with E-state index in [1.807, 2.05) is 0 Å². The summed E-state index contributed by atoms with van der Waals surface area (Å²) in [6.07, 6.45) is -3.63. The van der Waals surface area contributed by atoms with Crippen molar-refractivity contribution < 1.29 is 13.2 Å².